The first kappa shape index (κ1) is 25.5. The van der Waals surface area contributed by atoms with Crippen LogP contribution in [0.3, 0.4) is 0 Å². The molecule has 1 aromatic rings. The smallest absolute Gasteiger partial charge is 0.407 e. The number of nitrogens with one attached hydrogen (secondary N) is 2. The second-order valence-corrected chi connectivity index (χ2v) is 11.7. The normalized spacial score (nSPS) is 15.7. The van der Waals surface area contributed by atoms with Crippen molar-refractivity contribution in [2.75, 3.05) is 30.4 Å². The van der Waals surface area contributed by atoms with Crippen molar-refractivity contribution in [1.29, 1.82) is 0 Å². The van der Waals surface area contributed by atoms with Gasteiger partial charge in [-0.3, -0.25) is 9.36 Å². The Balaban J connectivity index is 2.46. The zero-order valence-electron chi connectivity index (χ0n) is 17.8. The molecule has 2 amide bonds. The second kappa shape index (κ2) is 11.6. The molecule has 1 rings (SSSR count). The van der Waals surface area contributed by atoms with E-state index < -0.39 is 25.0 Å². The van der Waals surface area contributed by atoms with Crippen molar-refractivity contribution in [3.05, 3.63) is 30.3 Å². The van der Waals surface area contributed by atoms with E-state index in [1.165, 1.54) is 11.8 Å². The van der Waals surface area contributed by atoms with Gasteiger partial charge in [-0.25, -0.2) is 4.79 Å². The van der Waals surface area contributed by atoms with Crippen molar-refractivity contribution in [2.24, 2.45) is 5.92 Å². The molecule has 7 nitrogen and oxygen atoms in total. The van der Waals surface area contributed by atoms with E-state index in [1.54, 1.807) is 39.8 Å². The average molecular weight is 445 g/mol. The topological polar surface area (TPSA) is 105 Å². The fourth-order valence-electron chi connectivity index (χ4n) is 2.55. The van der Waals surface area contributed by atoms with Crippen LogP contribution in [0.1, 0.15) is 34.1 Å². The molecule has 0 saturated carbocycles. The molecule has 0 heterocycles. The van der Waals surface area contributed by atoms with E-state index in [0.717, 1.165) is 0 Å². The monoisotopic (exact) mass is 444 g/mol. The first-order valence-electron chi connectivity index (χ1n) is 9.58. The first-order chi connectivity index (χ1) is 13.4. The lowest BCUT2D eigenvalue weighted by Crippen LogP contribution is -2.36. The van der Waals surface area contributed by atoms with Crippen LogP contribution < -0.4 is 10.6 Å². The van der Waals surface area contributed by atoms with Gasteiger partial charge in [-0.15, -0.1) is 0 Å². The molecule has 0 aliphatic heterocycles. The number of anilines is 1. The molecule has 164 valence electrons. The summed E-state index contributed by atoms with van der Waals surface area (Å²) in [6.45, 7) is 7.36. The summed E-state index contributed by atoms with van der Waals surface area (Å²) in [5.41, 5.74) is 0.0868. The van der Waals surface area contributed by atoms with Crippen LogP contribution in [0, 0.1) is 5.92 Å². The number of hydrogen-bond acceptors (Lipinski definition) is 5. The lowest BCUT2D eigenvalue weighted by Gasteiger charge is -2.22. The molecule has 0 aromatic heterocycles. The van der Waals surface area contributed by atoms with E-state index in [2.05, 4.69) is 10.6 Å². The minimum absolute atomic E-state index is 0.0172. The lowest BCUT2D eigenvalue weighted by atomic mass is 10.2. The third-order valence-corrected chi connectivity index (χ3v) is 7.20. The van der Waals surface area contributed by atoms with Crippen LogP contribution in [0.15, 0.2) is 30.3 Å². The maximum absolute atomic E-state index is 12.6. The zero-order chi connectivity index (χ0) is 22.1. The van der Waals surface area contributed by atoms with Crippen LogP contribution in [-0.2, 0) is 14.1 Å². The average Bonchev–Trinajstić information content (AvgIpc) is 2.60. The lowest BCUT2D eigenvalue weighted by molar-refractivity contribution is -0.118. The van der Waals surface area contributed by atoms with Crippen LogP contribution >= 0.6 is 19.1 Å². The van der Waals surface area contributed by atoms with Crippen molar-refractivity contribution >= 4 is 36.8 Å². The molecule has 9 heteroatoms. The molecule has 29 heavy (non-hydrogen) atoms. The summed E-state index contributed by atoms with van der Waals surface area (Å²) >= 11 is 1.52. The van der Waals surface area contributed by atoms with Crippen LogP contribution in [0.5, 0.6) is 0 Å². The van der Waals surface area contributed by atoms with Crippen molar-refractivity contribution in [2.45, 2.75) is 45.0 Å². The second-order valence-electron chi connectivity index (χ2n) is 8.04. The van der Waals surface area contributed by atoms with E-state index in [0.29, 0.717) is 18.7 Å². The molecular weight excluding hydrogens is 411 g/mol. The van der Waals surface area contributed by atoms with Gasteiger partial charge >= 0.3 is 6.09 Å². The minimum Gasteiger partial charge on any atom is -0.444 e. The summed E-state index contributed by atoms with van der Waals surface area (Å²) in [6, 6.07) is 9.00. The number of benzene rings is 1. The Bertz CT molecular complexity index is 709. The SMILES string of the molecule is CSC(CCP(=O)(O)CC(C)C(=O)Nc1ccccc1)CNC(=O)OC(C)(C)C. The van der Waals surface area contributed by atoms with Gasteiger partial charge in [0.25, 0.3) is 0 Å². The third kappa shape index (κ3) is 11.3. The summed E-state index contributed by atoms with van der Waals surface area (Å²) in [7, 11) is -3.47. The molecule has 3 unspecified atom stereocenters. The Morgan fingerprint density at radius 2 is 1.86 bits per heavy atom. The number of thioether (sulfide) groups is 1. The summed E-state index contributed by atoms with van der Waals surface area (Å²) in [5.74, 6) is -0.864. The highest BCUT2D eigenvalue weighted by atomic mass is 32.2. The molecule has 3 N–H and O–H groups in total. The summed E-state index contributed by atoms with van der Waals surface area (Å²) in [4.78, 5) is 34.4. The summed E-state index contributed by atoms with van der Waals surface area (Å²) in [6.07, 6.45) is 1.86. The van der Waals surface area contributed by atoms with Crippen LogP contribution in [0.25, 0.3) is 0 Å². The predicted octanol–water partition coefficient (Wildman–Crippen LogP) is 4.18. The number of hydrogen-bond donors (Lipinski definition) is 3. The standard InChI is InChI=1S/C20H33N2O5PS/c1-15(18(23)22-16-9-7-6-8-10-16)14-28(25,26)12-11-17(29-5)13-21-19(24)27-20(2,3)4/h6-10,15,17H,11-14H2,1-5H3,(H,21,24)(H,22,23)(H,25,26). The van der Waals surface area contributed by atoms with Gasteiger partial charge in [-0.2, -0.15) is 11.8 Å². The van der Waals surface area contributed by atoms with E-state index in [1.807, 2.05) is 24.5 Å². The number of carbonyl (C=O) groups is 2. The Labute approximate surface area is 177 Å². The van der Waals surface area contributed by atoms with Gasteiger partial charge in [0.1, 0.15) is 5.60 Å². The quantitative estimate of drug-likeness (QED) is 0.468. The molecule has 0 aliphatic carbocycles. The van der Waals surface area contributed by atoms with E-state index >= 15 is 0 Å². The molecular formula is C20H33N2O5PS. The van der Waals surface area contributed by atoms with Crippen molar-refractivity contribution in [1.82, 2.24) is 5.32 Å². The summed E-state index contributed by atoms with van der Waals surface area (Å²) in [5, 5.41) is 5.43. The van der Waals surface area contributed by atoms with Gasteiger partial charge in [0.15, 0.2) is 0 Å². The number of amides is 2. The Kier molecular flexibility index (Phi) is 10.2. The van der Waals surface area contributed by atoms with Crippen molar-refractivity contribution in [3.8, 4) is 0 Å². The third-order valence-electron chi connectivity index (χ3n) is 4.05. The first-order valence-corrected chi connectivity index (χ1v) is 12.9. The summed E-state index contributed by atoms with van der Waals surface area (Å²) < 4.78 is 17.8. The van der Waals surface area contributed by atoms with E-state index in [-0.39, 0.29) is 23.5 Å². The predicted molar refractivity (Wildman–Crippen MR) is 120 cm³/mol. The highest BCUT2D eigenvalue weighted by Crippen LogP contribution is 2.44. The molecule has 3 atom stereocenters. The van der Waals surface area contributed by atoms with E-state index in [9.17, 15) is 19.0 Å². The highest BCUT2D eigenvalue weighted by molar-refractivity contribution is 7.99. The van der Waals surface area contributed by atoms with Crippen LogP contribution in [-0.4, -0.2) is 52.9 Å². The number of carbonyl (C=O) groups excluding carboxylic acids is 2. The number of alkyl carbamates (subject to hydrolysis) is 1. The van der Waals surface area contributed by atoms with Crippen molar-refractivity contribution in [3.63, 3.8) is 0 Å². The van der Waals surface area contributed by atoms with Gasteiger partial charge in [-0.05, 0) is 45.6 Å². The molecule has 0 radical (unpaired) electrons. The fourth-order valence-corrected chi connectivity index (χ4v) is 5.25. The molecule has 1 aromatic carbocycles. The van der Waals surface area contributed by atoms with Crippen molar-refractivity contribution < 1.29 is 23.8 Å². The van der Waals surface area contributed by atoms with Gasteiger partial charge in [0.05, 0.1) is 0 Å². The number of para-hydroxylation sites is 1. The Hall–Kier alpha value is -1.50. The molecule has 0 fully saturated rings. The minimum atomic E-state index is -3.47. The number of rotatable bonds is 10. The fraction of sp³-hybridized carbons (Fsp3) is 0.600. The Morgan fingerprint density at radius 3 is 2.41 bits per heavy atom. The number of ether oxygens (including phenoxy) is 1. The van der Waals surface area contributed by atoms with E-state index in [4.69, 9.17) is 4.74 Å². The van der Waals surface area contributed by atoms with Gasteiger partial charge in [0.2, 0.25) is 13.3 Å². The van der Waals surface area contributed by atoms with Crippen LogP contribution in [0.2, 0.25) is 0 Å². The van der Waals surface area contributed by atoms with Gasteiger partial charge in [0, 0.05) is 35.7 Å². The maximum Gasteiger partial charge on any atom is 0.407 e. The molecule has 0 spiro atoms. The van der Waals surface area contributed by atoms with Crippen LogP contribution in [0.4, 0.5) is 10.5 Å². The molecule has 0 aliphatic rings. The maximum atomic E-state index is 12.6. The van der Waals surface area contributed by atoms with Gasteiger partial charge in [-0.1, -0.05) is 25.1 Å². The largest absolute Gasteiger partial charge is 0.444 e. The molecule has 0 bridgehead atoms. The Morgan fingerprint density at radius 1 is 1.24 bits per heavy atom. The zero-order valence-corrected chi connectivity index (χ0v) is 19.5. The van der Waals surface area contributed by atoms with Gasteiger partial charge < -0.3 is 20.3 Å². The molecule has 0 saturated heterocycles. The highest BCUT2D eigenvalue weighted by Gasteiger charge is 2.27.